The number of anilines is 1. The molecule has 1 unspecified atom stereocenters. The van der Waals surface area contributed by atoms with Crippen LogP contribution in [0.15, 0.2) is 47.0 Å². The van der Waals surface area contributed by atoms with Crippen molar-refractivity contribution in [3.05, 3.63) is 65.0 Å². The zero-order valence-electron chi connectivity index (χ0n) is 18.7. The minimum atomic E-state index is -0.0493. The van der Waals surface area contributed by atoms with Crippen LogP contribution in [0.4, 0.5) is 5.69 Å². The topological polar surface area (TPSA) is 88.3 Å². The third-order valence-corrected chi connectivity index (χ3v) is 5.69. The van der Waals surface area contributed by atoms with Crippen molar-refractivity contribution in [3.8, 4) is 11.4 Å². The first-order valence-electron chi connectivity index (χ1n) is 11.0. The van der Waals surface area contributed by atoms with Gasteiger partial charge in [-0.25, -0.2) is 0 Å². The van der Waals surface area contributed by atoms with Crippen molar-refractivity contribution < 1.29 is 14.1 Å². The summed E-state index contributed by atoms with van der Waals surface area (Å²) >= 11 is 0. The molecule has 2 amide bonds. The van der Waals surface area contributed by atoms with Crippen LogP contribution in [0.3, 0.4) is 0 Å². The number of aromatic nitrogens is 2. The van der Waals surface area contributed by atoms with Crippen LogP contribution >= 0.6 is 0 Å². The predicted molar refractivity (Wildman–Crippen MR) is 122 cm³/mol. The summed E-state index contributed by atoms with van der Waals surface area (Å²) in [6.45, 7) is 7.10. The lowest BCUT2D eigenvalue weighted by atomic mass is 9.96. The summed E-state index contributed by atoms with van der Waals surface area (Å²) < 4.78 is 5.59. The largest absolute Gasteiger partial charge is 0.339 e. The van der Waals surface area contributed by atoms with E-state index in [2.05, 4.69) is 21.5 Å². The van der Waals surface area contributed by atoms with E-state index in [0.29, 0.717) is 30.4 Å². The Morgan fingerprint density at radius 1 is 1.16 bits per heavy atom. The fraction of sp³-hybridized carbons (Fsp3) is 0.360. The number of amides is 2. The minimum Gasteiger partial charge on any atom is -0.339 e. The zero-order valence-corrected chi connectivity index (χ0v) is 18.7. The van der Waals surface area contributed by atoms with E-state index in [1.54, 1.807) is 0 Å². The molecule has 0 aliphatic carbocycles. The molecule has 7 nitrogen and oxygen atoms in total. The van der Waals surface area contributed by atoms with Crippen molar-refractivity contribution in [3.63, 3.8) is 0 Å². The highest BCUT2D eigenvalue weighted by Gasteiger charge is 2.29. The second-order valence-electron chi connectivity index (χ2n) is 8.41. The molecule has 1 N–H and O–H groups in total. The molecule has 1 atom stereocenters. The Morgan fingerprint density at radius 3 is 2.69 bits per heavy atom. The van der Waals surface area contributed by atoms with Crippen LogP contribution in [0.25, 0.3) is 11.4 Å². The van der Waals surface area contributed by atoms with Gasteiger partial charge in [0.05, 0.1) is 5.92 Å². The normalized spacial score (nSPS) is 16.1. The molecule has 4 rings (SSSR count). The molecule has 1 aliphatic rings. The quantitative estimate of drug-likeness (QED) is 0.630. The Hall–Kier alpha value is -3.48. The highest BCUT2D eigenvalue weighted by molar-refractivity contribution is 5.94. The molecular formula is C25H28N4O3. The molecule has 0 radical (unpaired) electrons. The Bertz CT molecular complexity index is 1120. The number of hydrogen-bond acceptors (Lipinski definition) is 5. The van der Waals surface area contributed by atoms with Gasteiger partial charge in [-0.2, -0.15) is 4.98 Å². The standard InChI is InChI=1S/C25H28N4O3/c1-4-22(30)26-21-9-5-7-18(14-21)23-27-24(32-28-23)19-8-6-10-29(15-19)25(31)20-12-16(2)11-17(3)13-20/h5,7,9,11-14,19H,4,6,8,10,15H2,1-3H3,(H,26,30). The molecule has 3 aromatic rings. The second kappa shape index (κ2) is 9.34. The number of nitrogens with one attached hydrogen (secondary N) is 1. The highest BCUT2D eigenvalue weighted by Crippen LogP contribution is 2.29. The molecule has 0 bridgehead atoms. The third kappa shape index (κ3) is 4.88. The van der Waals surface area contributed by atoms with Crippen molar-refractivity contribution in [2.75, 3.05) is 18.4 Å². The Kier molecular flexibility index (Phi) is 6.35. The Labute approximate surface area is 187 Å². The first-order valence-corrected chi connectivity index (χ1v) is 11.0. The monoisotopic (exact) mass is 432 g/mol. The number of nitrogens with zero attached hydrogens (tertiary/aromatic N) is 3. The van der Waals surface area contributed by atoms with Crippen molar-refractivity contribution in [2.24, 2.45) is 0 Å². The molecule has 7 heteroatoms. The van der Waals surface area contributed by atoms with Crippen molar-refractivity contribution >= 4 is 17.5 Å². The van der Waals surface area contributed by atoms with Gasteiger partial charge in [-0.05, 0) is 51.0 Å². The maximum atomic E-state index is 13.1. The average Bonchev–Trinajstić information content (AvgIpc) is 3.28. The van der Waals surface area contributed by atoms with E-state index in [1.807, 2.05) is 62.1 Å². The van der Waals surface area contributed by atoms with Gasteiger partial charge in [-0.15, -0.1) is 0 Å². The van der Waals surface area contributed by atoms with Crippen molar-refractivity contribution in [1.29, 1.82) is 0 Å². The number of rotatable bonds is 5. The molecule has 1 fully saturated rings. The third-order valence-electron chi connectivity index (χ3n) is 5.69. The molecular weight excluding hydrogens is 404 g/mol. The van der Waals surface area contributed by atoms with Crippen LogP contribution in [0.2, 0.25) is 0 Å². The van der Waals surface area contributed by atoms with Gasteiger partial charge in [-0.1, -0.05) is 41.4 Å². The van der Waals surface area contributed by atoms with E-state index in [4.69, 9.17) is 4.52 Å². The number of hydrogen-bond donors (Lipinski definition) is 1. The summed E-state index contributed by atoms with van der Waals surface area (Å²) in [5.74, 6) is 1.02. The fourth-order valence-electron chi connectivity index (χ4n) is 4.15. The van der Waals surface area contributed by atoms with Crippen LogP contribution < -0.4 is 5.32 Å². The van der Waals surface area contributed by atoms with Gasteiger partial charge in [0.1, 0.15) is 0 Å². The van der Waals surface area contributed by atoms with E-state index >= 15 is 0 Å². The van der Waals surface area contributed by atoms with Gasteiger partial charge >= 0.3 is 0 Å². The van der Waals surface area contributed by atoms with Crippen molar-refractivity contribution in [1.82, 2.24) is 15.0 Å². The van der Waals surface area contributed by atoms with Gasteiger partial charge in [0.2, 0.25) is 17.6 Å². The number of carbonyl (C=O) groups is 2. The van der Waals surface area contributed by atoms with Gasteiger partial charge in [0.25, 0.3) is 5.91 Å². The minimum absolute atomic E-state index is 0.00262. The van der Waals surface area contributed by atoms with E-state index in [-0.39, 0.29) is 17.7 Å². The average molecular weight is 433 g/mol. The van der Waals surface area contributed by atoms with Crippen molar-refractivity contribution in [2.45, 2.75) is 46.0 Å². The molecule has 1 saturated heterocycles. The highest BCUT2D eigenvalue weighted by atomic mass is 16.5. The van der Waals surface area contributed by atoms with Crippen LogP contribution in [-0.4, -0.2) is 39.9 Å². The molecule has 2 heterocycles. The number of benzene rings is 2. The van der Waals surface area contributed by atoms with Gasteiger partial charge in [0, 0.05) is 36.3 Å². The first-order chi connectivity index (χ1) is 15.4. The molecule has 1 aliphatic heterocycles. The maximum absolute atomic E-state index is 13.1. The van der Waals surface area contributed by atoms with E-state index in [1.165, 1.54) is 0 Å². The van der Waals surface area contributed by atoms with Gasteiger partial charge < -0.3 is 14.7 Å². The van der Waals surface area contributed by atoms with Gasteiger partial charge in [-0.3, -0.25) is 9.59 Å². The van der Waals surface area contributed by atoms with Crippen LogP contribution in [0.5, 0.6) is 0 Å². The molecule has 2 aromatic carbocycles. The molecule has 32 heavy (non-hydrogen) atoms. The van der Waals surface area contributed by atoms with E-state index in [0.717, 1.165) is 41.6 Å². The van der Waals surface area contributed by atoms with Crippen LogP contribution in [-0.2, 0) is 4.79 Å². The molecule has 1 aromatic heterocycles. The lowest BCUT2D eigenvalue weighted by Gasteiger charge is -2.31. The van der Waals surface area contributed by atoms with Crippen LogP contribution in [0.1, 0.15) is 59.5 Å². The summed E-state index contributed by atoms with van der Waals surface area (Å²) in [7, 11) is 0. The number of likely N-dealkylation sites (tertiary alicyclic amines) is 1. The van der Waals surface area contributed by atoms with Crippen LogP contribution in [0, 0.1) is 13.8 Å². The van der Waals surface area contributed by atoms with Gasteiger partial charge in [0.15, 0.2) is 0 Å². The Morgan fingerprint density at radius 2 is 1.94 bits per heavy atom. The summed E-state index contributed by atoms with van der Waals surface area (Å²) in [5.41, 5.74) is 4.36. The molecule has 0 spiro atoms. The Balaban J connectivity index is 1.49. The summed E-state index contributed by atoms with van der Waals surface area (Å²) in [6.07, 6.45) is 2.19. The summed E-state index contributed by atoms with van der Waals surface area (Å²) in [5, 5.41) is 7.00. The smallest absolute Gasteiger partial charge is 0.253 e. The molecule has 166 valence electrons. The van der Waals surface area contributed by atoms with E-state index < -0.39 is 0 Å². The number of carbonyl (C=O) groups excluding carboxylic acids is 2. The zero-order chi connectivity index (χ0) is 22.7. The first kappa shape index (κ1) is 21.7. The molecule has 0 saturated carbocycles. The number of aryl methyl sites for hydroxylation is 2. The number of piperidine rings is 1. The maximum Gasteiger partial charge on any atom is 0.253 e. The second-order valence-corrected chi connectivity index (χ2v) is 8.41. The fourth-order valence-corrected chi connectivity index (χ4v) is 4.15. The lowest BCUT2D eigenvalue weighted by molar-refractivity contribution is -0.115. The summed E-state index contributed by atoms with van der Waals surface area (Å²) in [6, 6.07) is 13.3. The SMILES string of the molecule is CCC(=O)Nc1cccc(-c2noc(C3CCCN(C(=O)c4cc(C)cc(C)c4)C3)n2)c1. The van der Waals surface area contributed by atoms with E-state index in [9.17, 15) is 9.59 Å². The predicted octanol–water partition coefficient (Wildman–Crippen LogP) is 4.72. The lowest BCUT2D eigenvalue weighted by Crippen LogP contribution is -2.39. The summed E-state index contributed by atoms with van der Waals surface area (Å²) in [4.78, 5) is 31.2.